The van der Waals surface area contributed by atoms with Gasteiger partial charge in [0.1, 0.15) is 36.1 Å². The molecule has 5 aliphatic rings. The minimum atomic E-state index is -3.84. The number of primary amides is 2. The second-order valence-electron chi connectivity index (χ2n) is 23.4. The number of nitrogens with two attached hydrogens (primary N) is 2. The zero-order valence-corrected chi connectivity index (χ0v) is 53.8. The summed E-state index contributed by atoms with van der Waals surface area (Å²) in [5.74, 6) is -3.29. The van der Waals surface area contributed by atoms with Crippen LogP contribution in [-0.4, -0.2) is 125 Å². The summed E-state index contributed by atoms with van der Waals surface area (Å²) in [5, 5.41) is 14.8. The van der Waals surface area contributed by atoms with Gasteiger partial charge < -0.3 is 54.7 Å². The van der Waals surface area contributed by atoms with E-state index in [0.29, 0.717) is 29.1 Å². The van der Waals surface area contributed by atoms with E-state index in [-0.39, 0.29) is 57.2 Å². The third-order valence-corrected chi connectivity index (χ3v) is 18.6. The molecule has 8 rings (SSSR count). The predicted octanol–water partition coefficient (Wildman–Crippen LogP) is 7.18. The summed E-state index contributed by atoms with van der Waals surface area (Å²) in [6.45, 7) is 19.6. The lowest BCUT2D eigenvalue weighted by molar-refractivity contribution is -0.766. The Balaban J connectivity index is 0.000000296. The number of nitrogens with one attached hydrogen (secondary N) is 2. The van der Waals surface area contributed by atoms with Crippen LogP contribution in [0.2, 0.25) is 0 Å². The number of carboxylic acids is 1. The molecule has 6 N–H and O–H groups in total. The van der Waals surface area contributed by atoms with Crippen molar-refractivity contribution in [3.05, 3.63) is 126 Å². The van der Waals surface area contributed by atoms with Crippen LogP contribution in [0, 0.1) is 10.8 Å². The molecule has 10 unspecified atom stereocenters. The number of pyridine rings is 1. The highest BCUT2D eigenvalue weighted by atomic mass is 32.2. The molecule has 24 nitrogen and oxygen atoms in total. The Hall–Kier alpha value is -4.70. The predicted molar refractivity (Wildman–Crippen MR) is 325 cm³/mol. The van der Waals surface area contributed by atoms with Gasteiger partial charge in [0.2, 0.25) is 5.91 Å². The van der Waals surface area contributed by atoms with E-state index < -0.39 is 105 Å². The van der Waals surface area contributed by atoms with Crippen LogP contribution in [-0.2, 0) is 87.9 Å². The van der Waals surface area contributed by atoms with Gasteiger partial charge >= 0.3 is 15.5 Å². The molecule has 0 radical (unpaired) electrons. The maximum absolute atomic E-state index is 13.8. The number of carbonyl (C=O) groups excluding carboxylic acids is 5. The number of nitrogens with zero attached hydrogens (tertiary/aromatic N) is 2. The lowest BCUT2D eigenvalue weighted by atomic mass is 9.99. The molecular weight excluding hydrogens is 1210 g/mol. The highest BCUT2D eigenvalue weighted by Gasteiger charge is 2.60. The number of hydrogen-bond donors (Lipinski definition) is 4. The number of aliphatic carboxylic acids is 1. The number of carbonyl (C=O) groups is 5. The quantitative estimate of drug-likeness (QED) is 0.0392. The third kappa shape index (κ3) is 22.3. The molecule has 482 valence electrons. The van der Waals surface area contributed by atoms with E-state index in [0.717, 1.165) is 41.6 Å². The monoisotopic (exact) mass is 1290 g/mol. The molecule has 10 atom stereocenters. The van der Waals surface area contributed by atoms with Gasteiger partial charge in [-0.25, -0.2) is 19.3 Å². The van der Waals surface area contributed by atoms with Gasteiger partial charge in [-0.3, -0.25) is 37.3 Å². The largest absolute Gasteiger partial charge is 0.550 e. The number of benzene rings is 2. The van der Waals surface area contributed by atoms with E-state index in [1.165, 1.54) is 0 Å². The molecule has 0 bridgehead atoms. The highest BCUT2D eigenvalue weighted by molar-refractivity contribution is 8.14. The molecule has 0 saturated carbocycles. The van der Waals surface area contributed by atoms with Crippen molar-refractivity contribution in [3.8, 4) is 0 Å². The van der Waals surface area contributed by atoms with Crippen LogP contribution in [0.25, 0.3) is 0 Å². The van der Waals surface area contributed by atoms with Crippen molar-refractivity contribution in [3.63, 3.8) is 0 Å². The first-order chi connectivity index (χ1) is 40.3. The lowest BCUT2D eigenvalue weighted by Crippen LogP contribution is -2.46. The van der Waals surface area contributed by atoms with Crippen LogP contribution in [0.3, 0.4) is 0 Å². The fraction of sp³-hybridized carbons (Fsp3) is 0.559. The average Bonchev–Trinajstić information content (AvgIpc) is 1.65. The molecule has 2 aromatic carbocycles. The molecule has 4 fully saturated rings. The van der Waals surface area contributed by atoms with E-state index in [4.69, 9.17) is 67.9 Å². The number of fused-ring (bicyclic) bond motifs is 2. The van der Waals surface area contributed by atoms with Gasteiger partial charge in [-0.15, -0.1) is 0 Å². The Bertz CT molecular complexity index is 2960. The van der Waals surface area contributed by atoms with E-state index in [1.54, 1.807) is 60.2 Å². The van der Waals surface area contributed by atoms with Crippen LogP contribution in [0.1, 0.15) is 118 Å². The molecule has 28 heteroatoms. The average molecular weight is 1290 g/mol. The summed E-state index contributed by atoms with van der Waals surface area (Å²) in [6.07, 6.45) is 4.34. The Morgan fingerprint density at radius 3 is 1.59 bits per heavy atom. The lowest BCUT2D eigenvalue weighted by Gasteiger charge is -2.31. The first-order valence-electron chi connectivity index (χ1n) is 27.9. The molecule has 0 spiro atoms. The second-order valence-corrected chi connectivity index (χ2v) is 29.2. The summed E-state index contributed by atoms with van der Waals surface area (Å²) in [6, 6.07) is 22.2. The number of amides is 2. The topological polar surface area (TPSA) is 318 Å². The molecule has 6 heterocycles. The van der Waals surface area contributed by atoms with Crippen molar-refractivity contribution < 1.29 is 89.3 Å². The maximum atomic E-state index is 13.8. The van der Waals surface area contributed by atoms with E-state index in [1.807, 2.05) is 122 Å². The Morgan fingerprint density at radius 1 is 0.678 bits per heavy atom. The SMILES string of the molecule is C.CC(=O)[O-].CC1(C)OC2C(COP(=O)(NCc3ccccc3)OCCSC(=O)C(C)(C)C)OC(N3C=CCC(C(N)=O)=C3)C2O1.CC1(C)OC2C(COP(=O)(NCc3ccccc3)OCCSC(=O)C(C)(C)C)OC([n+]3cccc(C(N)=O)c3)C2O1. The molecular formula is C59H86N6O18P2S2. The molecule has 4 saturated heterocycles. The highest BCUT2D eigenvalue weighted by Crippen LogP contribution is 2.49. The van der Waals surface area contributed by atoms with Gasteiger partial charge in [0, 0.05) is 65.4 Å². The fourth-order valence-electron chi connectivity index (χ4n) is 8.95. The van der Waals surface area contributed by atoms with Crippen LogP contribution in [0.5, 0.6) is 0 Å². The number of rotatable bonds is 24. The number of hydrogen-bond acceptors (Lipinski definition) is 21. The molecule has 3 aromatic rings. The van der Waals surface area contributed by atoms with Crippen molar-refractivity contribution in [1.82, 2.24) is 15.1 Å². The van der Waals surface area contributed by atoms with Gasteiger partial charge in [-0.1, -0.05) is 139 Å². The molecule has 1 aromatic heterocycles. The zero-order valence-electron chi connectivity index (χ0n) is 50.4. The van der Waals surface area contributed by atoms with Crippen molar-refractivity contribution in [2.45, 2.75) is 164 Å². The van der Waals surface area contributed by atoms with E-state index in [2.05, 4.69) is 10.2 Å². The second kappa shape index (κ2) is 31.8. The first-order valence-corrected chi connectivity index (χ1v) is 33.0. The third-order valence-electron chi connectivity index (χ3n) is 13.0. The van der Waals surface area contributed by atoms with Crippen LogP contribution in [0.15, 0.2) is 109 Å². The van der Waals surface area contributed by atoms with E-state index in [9.17, 15) is 28.3 Å². The van der Waals surface area contributed by atoms with Gasteiger partial charge in [0.25, 0.3) is 12.1 Å². The van der Waals surface area contributed by atoms with Gasteiger partial charge in [-0.05, 0) is 58.2 Å². The van der Waals surface area contributed by atoms with Crippen LogP contribution in [0.4, 0.5) is 0 Å². The molecule has 2 amide bonds. The number of carboxylic acid groups (broad SMARTS) is 1. The fourth-order valence-corrected chi connectivity index (χ4v) is 13.4. The summed E-state index contributed by atoms with van der Waals surface area (Å²) < 4.78 is 89.9. The molecule has 0 aliphatic carbocycles. The van der Waals surface area contributed by atoms with Crippen molar-refractivity contribution in [1.29, 1.82) is 0 Å². The van der Waals surface area contributed by atoms with Crippen molar-refractivity contribution >= 4 is 67.0 Å². The smallest absolute Gasteiger partial charge is 0.405 e. The van der Waals surface area contributed by atoms with Gasteiger partial charge in [-0.2, -0.15) is 4.57 Å². The zero-order chi connectivity index (χ0) is 63.3. The summed E-state index contributed by atoms with van der Waals surface area (Å²) in [5.41, 5.74) is 12.5. The summed E-state index contributed by atoms with van der Waals surface area (Å²) in [4.78, 5) is 58.7. The van der Waals surface area contributed by atoms with Crippen LogP contribution >= 0.6 is 39.0 Å². The number of thioether (sulfide) groups is 2. The molecule has 5 aliphatic heterocycles. The number of aromatic nitrogens is 1. The Morgan fingerprint density at radius 2 is 1.13 bits per heavy atom. The number of ether oxygens (including phenoxy) is 6. The van der Waals surface area contributed by atoms with E-state index >= 15 is 0 Å². The number of allylic oxidation sites excluding steroid dienone is 1. The Labute approximate surface area is 518 Å². The standard InChI is InChI=1S/C28H40N3O8PS.C28H38N3O8PS.C2H4O2.CH4/c2*1-27(2,3)26(33)41-15-14-35-40(34,30-16-19-10-7-6-8-11-19)36-18-21-22-23(39-28(4,5)38-22)25(37-21)31-13-9-12-20(17-31)24(29)32;1-2(3)4;/h6-11,13,17,21-23,25H,12,14-16,18H2,1-5H3,(H2,29,32)(H,30,34);6-13,17,21-23,25H,14-16,18H2,1-5H3,(H2-,29,30,32,34);1H3,(H,3,4);1H4. The minimum Gasteiger partial charge on any atom is -0.550 e. The minimum absolute atomic E-state index is 0. The summed E-state index contributed by atoms with van der Waals surface area (Å²) in [7, 11) is -7.67. The maximum Gasteiger partial charge on any atom is 0.405 e. The van der Waals surface area contributed by atoms with Gasteiger partial charge in [0.15, 0.2) is 46.5 Å². The van der Waals surface area contributed by atoms with Gasteiger partial charge in [0.05, 0.1) is 26.4 Å². The Kier molecular flexibility index (Phi) is 26.7. The van der Waals surface area contributed by atoms with Crippen LogP contribution < -0.4 is 31.3 Å². The van der Waals surface area contributed by atoms with Crippen molar-refractivity contribution in [2.75, 3.05) is 37.9 Å². The first kappa shape index (κ1) is 73.0. The normalized spacial score (nSPS) is 24.7. The molecule has 87 heavy (non-hydrogen) atoms. The summed E-state index contributed by atoms with van der Waals surface area (Å²) >= 11 is 2.26. The van der Waals surface area contributed by atoms with Crippen molar-refractivity contribution in [2.24, 2.45) is 22.3 Å².